The van der Waals surface area contributed by atoms with Crippen molar-refractivity contribution >= 4 is 40.7 Å². The number of thiazole rings is 1. The van der Waals surface area contributed by atoms with Gasteiger partial charge < -0.3 is 44.3 Å². The molecule has 3 fully saturated rings. The van der Waals surface area contributed by atoms with Crippen molar-refractivity contribution in [1.29, 1.82) is 0 Å². The fourth-order valence-electron chi connectivity index (χ4n) is 9.81. The molecule has 0 aliphatic carbocycles. The lowest BCUT2D eigenvalue weighted by Crippen LogP contribution is -2.61. The van der Waals surface area contributed by atoms with Crippen molar-refractivity contribution in [2.75, 3.05) is 33.5 Å². The van der Waals surface area contributed by atoms with Gasteiger partial charge in [0.25, 0.3) is 0 Å². The van der Waals surface area contributed by atoms with Crippen molar-refractivity contribution in [1.82, 2.24) is 14.8 Å². The molecule has 3 aliphatic rings. The molecular weight excluding hydrogens is 789 g/mol. The van der Waals surface area contributed by atoms with Crippen molar-refractivity contribution in [3.05, 3.63) is 35.5 Å². The van der Waals surface area contributed by atoms with Gasteiger partial charge >= 0.3 is 12.1 Å². The number of unbranched alkanes of at least 4 members (excludes halogenated alkanes) is 1. The Balaban J connectivity index is 1.45. The Morgan fingerprint density at radius 1 is 1.05 bits per heavy atom. The molecule has 0 spiro atoms. The van der Waals surface area contributed by atoms with Gasteiger partial charge in [0, 0.05) is 49.3 Å². The molecule has 1 unspecified atom stereocenters. The van der Waals surface area contributed by atoms with Gasteiger partial charge in [-0.1, -0.05) is 46.8 Å². The maximum absolute atomic E-state index is 14.8. The van der Waals surface area contributed by atoms with Crippen molar-refractivity contribution < 1.29 is 48.0 Å². The Labute approximate surface area is 359 Å². The Morgan fingerprint density at radius 3 is 2.40 bits per heavy atom. The van der Waals surface area contributed by atoms with Gasteiger partial charge in [0.15, 0.2) is 17.7 Å². The summed E-state index contributed by atoms with van der Waals surface area (Å²) in [6.07, 6.45) is 0.132. The van der Waals surface area contributed by atoms with Crippen LogP contribution in [-0.4, -0.2) is 125 Å². The molecule has 1 aromatic heterocycles. The number of ether oxygens (including phenoxy) is 5. The SMILES string of the molecule is CC[C@H]1OC(=O)[C@H](C)C(=O)[C@H](C)[C@@H](OC2O[C@H](C)C[C@H](N(C)C)[C@H]2O)[C@@](C)(OC)C[C@@H](C)C(=O)[C@H](C)[C@H]2N(CCCCc3ncc(-c4cccc(N)c4)s3)C(=O)O[C@]12CC. The predicted octanol–water partition coefficient (Wildman–Crippen LogP) is 6.31. The number of hydrogen-bond donors (Lipinski definition) is 2. The molecule has 3 aliphatic heterocycles. The minimum absolute atomic E-state index is 0.131. The Bertz CT molecular complexity index is 1820. The monoisotopic (exact) mass is 856 g/mol. The molecule has 3 saturated heterocycles. The number of benzene rings is 1. The van der Waals surface area contributed by atoms with Crippen LogP contribution < -0.4 is 5.73 Å². The van der Waals surface area contributed by atoms with E-state index < -0.39 is 83.4 Å². The van der Waals surface area contributed by atoms with Crippen LogP contribution in [0, 0.1) is 23.7 Å². The number of amides is 1. The zero-order chi connectivity index (χ0) is 44.3. The summed E-state index contributed by atoms with van der Waals surface area (Å²) in [5.41, 5.74) is 5.06. The highest BCUT2D eigenvalue weighted by atomic mass is 32.1. The maximum atomic E-state index is 14.8. The number of carbonyl (C=O) groups is 4. The zero-order valence-electron chi connectivity index (χ0n) is 37.3. The Kier molecular flexibility index (Phi) is 15.6. The zero-order valence-corrected chi connectivity index (χ0v) is 38.2. The molecule has 0 radical (unpaired) electrons. The molecule has 2 aromatic rings. The minimum Gasteiger partial charge on any atom is -0.457 e. The summed E-state index contributed by atoms with van der Waals surface area (Å²) < 4.78 is 31.5. The number of hydrogen-bond acceptors (Lipinski definition) is 14. The van der Waals surface area contributed by atoms with E-state index in [2.05, 4.69) is 4.98 Å². The number of cyclic esters (lactones) is 1. The van der Waals surface area contributed by atoms with E-state index in [4.69, 9.17) is 29.4 Å². The third kappa shape index (κ3) is 9.76. The van der Waals surface area contributed by atoms with Crippen LogP contribution in [0.2, 0.25) is 0 Å². The molecule has 0 bridgehead atoms. The quantitative estimate of drug-likeness (QED) is 0.105. The van der Waals surface area contributed by atoms with Crippen molar-refractivity contribution in [2.24, 2.45) is 23.7 Å². The van der Waals surface area contributed by atoms with Crippen molar-refractivity contribution in [3.63, 3.8) is 0 Å². The number of methoxy groups -OCH3 is 1. The first-order chi connectivity index (χ1) is 28.3. The van der Waals surface area contributed by atoms with Gasteiger partial charge in [-0.2, -0.15) is 0 Å². The van der Waals surface area contributed by atoms with E-state index in [1.807, 2.05) is 84.1 Å². The Hall–Kier alpha value is -3.47. The number of aliphatic hydroxyl groups is 1. The van der Waals surface area contributed by atoms with Crippen LogP contribution in [0.5, 0.6) is 0 Å². The van der Waals surface area contributed by atoms with E-state index in [-0.39, 0.29) is 37.2 Å². The molecule has 3 N–H and O–H groups in total. The second-order valence-corrected chi connectivity index (χ2v) is 18.8. The maximum Gasteiger partial charge on any atom is 0.410 e. The number of nitrogens with two attached hydrogens (primary N) is 1. The number of nitrogens with zero attached hydrogens (tertiary/aromatic N) is 3. The first-order valence-corrected chi connectivity index (χ1v) is 22.4. The average molecular weight is 857 g/mol. The standard InChI is InChI=1S/C45H68N4O10S/c1-12-34-45(13-2)39(49(43(54)59-45)20-15-14-19-35-47-24-33(60-35)30-17-16-18-31(46)22-30)27(5)36(50)25(3)23-44(8,55-11)40(28(6)37(51)29(7)41(53)57-34)58-42-38(52)32(48(9)10)21-26(4)56-42/h16-18,22,24-29,32,34,38-40,42,52H,12-15,19-21,23,46H2,1-11H3/t25-,26-,27+,28+,29-,32+,34-,38-,39-,40-,42?,44+,45-/m1/s1. The third-order valence-corrected chi connectivity index (χ3v) is 14.4. The fraction of sp³-hybridized carbons (Fsp3) is 0.711. The van der Waals surface area contributed by atoms with Crippen LogP contribution in [0.25, 0.3) is 10.4 Å². The number of ketones is 2. The summed E-state index contributed by atoms with van der Waals surface area (Å²) in [6.45, 7) is 14.5. The van der Waals surface area contributed by atoms with E-state index in [0.717, 1.165) is 21.9 Å². The van der Waals surface area contributed by atoms with E-state index in [9.17, 15) is 24.3 Å². The molecule has 1 amide bonds. The van der Waals surface area contributed by atoms with Gasteiger partial charge in [-0.3, -0.25) is 14.4 Å². The predicted molar refractivity (Wildman–Crippen MR) is 229 cm³/mol. The van der Waals surface area contributed by atoms with Crippen LogP contribution in [0.3, 0.4) is 0 Å². The summed E-state index contributed by atoms with van der Waals surface area (Å²) in [5, 5.41) is 12.4. The topological polar surface area (TPSA) is 180 Å². The number of anilines is 1. The second-order valence-electron chi connectivity index (χ2n) is 17.7. The van der Waals surface area contributed by atoms with Crippen LogP contribution in [0.4, 0.5) is 10.5 Å². The van der Waals surface area contributed by atoms with Crippen molar-refractivity contribution in [3.8, 4) is 10.4 Å². The molecule has 14 nitrogen and oxygen atoms in total. The minimum atomic E-state index is -1.36. The molecule has 5 rings (SSSR count). The van der Waals surface area contributed by atoms with Crippen molar-refractivity contribution in [2.45, 2.75) is 154 Å². The number of esters is 1. The summed E-state index contributed by atoms with van der Waals surface area (Å²) in [5.74, 6) is -4.92. The lowest BCUT2D eigenvalue weighted by atomic mass is 9.72. The second kappa shape index (κ2) is 19.7. The van der Waals surface area contributed by atoms with E-state index in [1.165, 1.54) is 14.0 Å². The first-order valence-electron chi connectivity index (χ1n) is 21.6. The summed E-state index contributed by atoms with van der Waals surface area (Å²) in [4.78, 5) is 66.6. The van der Waals surface area contributed by atoms with Gasteiger partial charge in [-0.25, -0.2) is 9.78 Å². The molecule has 13 atom stereocenters. The van der Waals surface area contributed by atoms with Gasteiger partial charge in [-0.05, 0) is 97.5 Å². The lowest BCUT2D eigenvalue weighted by molar-refractivity contribution is -0.295. The lowest BCUT2D eigenvalue weighted by Gasteiger charge is -2.47. The Morgan fingerprint density at radius 2 is 1.77 bits per heavy atom. The number of aromatic nitrogens is 1. The smallest absolute Gasteiger partial charge is 0.410 e. The fourth-order valence-corrected chi connectivity index (χ4v) is 10.8. The number of aryl methyl sites for hydroxylation is 1. The van der Waals surface area contributed by atoms with Crippen LogP contribution >= 0.6 is 11.3 Å². The number of Topliss-reactive ketones (excluding diaryl/α,β-unsaturated/α-hetero) is 2. The highest BCUT2D eigenvalue weighted by Gasteiger charge is 2.62. The normalized spacial score (nSPS) is 35.9. The number of rotatable bonds is 12. The largest absolute Gasteiger partial charge is 0.457 e. The highest BCUT2D eigenvalue weighted by molar-refractivity contribution is 7.15. The number of fused-ring (bicyclic) bond motifs is 1. The first kappa shape index (κ1) is 47.6. The number of aliphatic hydroxyl groups excluding tert-OH is 1. The molecule has 1 aromatic carbocycles. The number of likely N-dealkylation sites (N-methyl/N-ethyl adjacent to an activating group) is 1. The molecular formula is C45H68N4O10S. The van der Waals surface area contributed by atoms with Gasteiger partial charge in [0.1, 0.15) is 23.9 Å². The highest BCUT2D eigenvalue weighted by Crippen LogP contribution is 2.45. The van der Waals surface area contributed by atoms with Gasteiger partial charge in [0.2, 0.25) is 0 Å². The molecule has 4 heterocycles. The van der Waals surface area contributed by atoms with Gasteiger partial charge in [-0.15, -0.1) is 11.3 Å². The summed E-state index contributed by atoms with van der Waals surface area (Å²) in [6, 6.07) is 6.63. The summed E-state index contributed by atoms with van der Waals surface area (Å²) >= 11 is 1.60. The van der Waals surface area contributed by atoms with Gasteiger partial charge in [0.05, 0.1) is 33.7 Å². The molecule has 15 heteroatoms. The van der Waals surface area contributed by atoms with E-state index in [1.54, 1.807) is 30.1 Å². The van der Waals surface area contributed by atoms with E-state index >= 15 is 0 Å². The van der Waals surface area contributed by atoms with Crippen LogP contribution in [-0.2, 0) is 44.5 Å². The molecule has 334 valence electrons. The number of carbonyl (C=O) groups excluding carboxylic acids is 4. The van der Waals surface area contributed by atoms with E-state index in [0.29, 0.717) is 31.5 Å². The third-order valence-electron chi connectivity index (χ3n) is 13.3. The number of nitrogen functional groups attached to an aromatic ring is 1. The van der Waals surface area contributed by atoms with Crippen LogP contribution in [0.1, 0.15) is 98.9 Å². The molecule has 0 saturated carbocycles. The van der Waals surface area contributed by atoms with Crippen LogP contribution in [0.15, 0.2) is 30.5 Å². The average Bonchev–Trinajstić information content (AvgIpc) is 3.81. The summed E-state index contributed by atoms with van der Waals surface area (Å²) in [7, 11) is 5.25. The molecule has 60 heavy (non-hydrogen) atoms.